The number of allylic oxidation sites excluding steroid dienone is 1. The second-order valence-corrected chi connectivity index (χ2v) is 8.26. The summed E-state index contributed by atoms with van der Waals surface area (Å²) in [6.07, 6.45) is 13.6. The van der Waals surface area contributed by atoms with E-state index in [0.717, 1.165) is 12.5 Å². The summed E-state index contributed by atoms with van der Waals surface area (Å²) in [7, 11) is -0.646. The summed E-state index contributed by atoms with van der Waals surface area (Å²) < 4.78 is 17.2. The maximum atomic E-state index is 5.79. The van der Waals surface area contributed by atoms with E-state index in [-0.39, 0.29) is 0 Å². The molecular weight excluding hydrogens is 280 g/mol. The SMILES string of the molecule is C=CCCCCCCCCCC[Si](OC)(OCC)OCC. The molecule has 0 amide bonds. The van der Waals surface area contributed by atoms with E-state index in [4.69, 9.17) is 13.3 Å². The summed E-state index contributed by atoms with van der Waals surface area (Å²) in [4.78, 5) is 0. The molecule has 0 aromatic carbocycles. The van der Waals surface area contributed by atoms with Gasteiger partial charge in [0, 0.05) is 26.4 Å². The third-order valence-electron chi connectivity index (χ3n) is 3.68. The third-order valence-corrected chi connectivity index (χ3v) is 6.73. The highest BCUT2D eigenvalue weighted by atomic mass is 28.4. The summed E-state index contributed by atoms with van der Waals surface area (Å²) in [6.45, 7) is 9.11. The highest BCUT2D eigenvalue weighted by Crippen LogP contribution is 2.20. The molecule has 0 aliphatic heterocycles. The van der Waals surface area contributed by atoms with Gasteiger partial charge in [-0.25, -0.2) is 0 Å². The lowest BCUT2D eigenvalue weighted by atomic mass is 10.1. The Morgan fingerprint density at radius 3 is 1.71 bits per heavy atom. The Hall–Kier alpha value is -0.163. The molecule has 126 valence electrons. The summed E-state index contributed by atoms with van der Waals surface area (Å²) in [6, 6.07) is 0.949. The van der Waals surface area contributed by atoms with E-state index < -0.39 is 8.80 Å². The van der Waals surface area contributed by atoms with Crippen LogP contribution in [-0.2, 0) is 13.3 Å². The number of hydrogen-bond donors (Lipinski definition) is 0. The lowest BCUT2D eigenvalue weighted by molar-refractivity contribution is 0.0859. The van der Waals surface area contributed by atoms with Gasteiger partial charge >= 0.3 is 8.80 Å². The molecule has 0 N–H and O–H groups in total. The van der Waals surface area contributed by atoms with Crippen LogP contribution in [-0.4, -0.2) is 29.1 Å². The van der Waals surface area contributed by atoms with E-state index >= 15 is 0 Å². The first kappa shape index (κ1) is 20.8. The topological polar surface area (TPSA) is 27.7 Å². The van der Waals surface area contributed by atoms with E-state index in [0.29, 0.717) is 13.2 Å². The van der Waals surface area contributed by atoms with Gasteiger partial charge in [0.1, 0.15) is 0 Å². The zero-order valence-electron chi connectivity index (χ0n) is 14.5. The van der Waals surface area contributed by atoms with Crippen molar-refractivity contribution in [2.24, 2.45) is 0 Å². The molecule has 21 heavy (non-hydrogen) atoms. The van der Waals surface area contributed by atoms with E-state index in [1.165, 1.54) is 51.4 Å². The lowest BCUT2D eigenvalue weighted by Gasteiger charge is -2.27. The molecule has 0 saturated heterocycles. The summed E-state index contributed by atoms with van der Waals surface area (Å²) >= 11 is 0. The van der Waals surface area contributed by atoms with Crippen molar-refractivity contribution in [2.45, 2.75) is 77.7 Å². The molecule has 0 aliphatic rings. The molecule has 0 rings (SSSR count). The lowest BCUT2D eigenvalue weighted by Crippen LogP contribution is -2.44. The maximum absolute atomic E-state index is 5.79. The van der Waals surface area contributed by atoms with Gasteiger partial charge in [0.2, 0.25) is 0 Å². The fourth-order valence-electron chi connectivity index (χ4n) is 2.54. The van der Waals surface area contributed by atoms with Gasteiger partial charge in [-0.3, -0.25) is 0 Å². The second-order valence-electron chi connectivity index (χ2n) is 5.41. The number of hydrogen-bond acceptors (Lipinski definition) is 3. The van der Waals surface area contributed by atoms with E-state index in [1.54, 1.807) is 7.11 Å². The quantitative estimate of drug-likeness (QED) is 0.218. The van der Waals surface area contributed by atoms with Gasteiger partial charge in [0.25, 0.3) is 0 Å². The van der Waals surface area contributed by atoms with Crippen molar-refractivity contribution in [1.82, 2.24) is 0 Å². The minimum Gasteiger partial charge on any atom is -0.377 e. The average Bonchev–Trinajstić information content (AvgIpc) is 2.49. The Morgan fingerprint density at radius 1 is 0.810 bits per heavy atom. The Morgan fingerprint density at radius 2 is 1.29 bits per heavy atom. The van der Waals surface area contributed by atoms with Gasteiger partial charge in [-0.2, -0.15) is 0 Å². The molecule has 0 radical (unpaired) electrons. The molecule has 0 saturated carbocycles. The molecule has 0 aromatic rings. The van der Waals surface area contributed by atoms with Crippen LogP contribution in [0.1, 0.15) is 71.6 Å². The van der Waals surface area contributed by atoms with E-state index in [2.05, 4.69) is 6.58 Å². The van der Waals surface area contributed by atoms with Crippen molar-refractivity contribution in [3.05, 3.63) is 12.7 Å². The molecule has 0 unspecified atom stereocenters. The highest BCUT2D eigenvalue weighted by molar-refractivity contribution is 6.60. The monoisotopic (exact) mass is 316 g/mol. The van der Waals surface area contributed by atoms with Crippen LogP contribution in [0.5, 0.6) is 0 Å². The number of rotatable bonds is 16. The predicted molar refractivity (Wildman–Crippen MR) is 92.6 cm³/mol. The van der Waals surface area contributed by atoms with Crippen LogP contribution in [0.25, 0.3) is 0 Å². The van der Waals surface area contributed by atoms with Crippen LogP contribution in [0.4, 0.5) is 0 Å². The van der Waals surface area contributed by atoms with Crippen LogP contribution in [0.2, 0.25) is 6.04 Å². The fourth-order valence-corrected chi connectivity index (χ4v) is 4.91. The maximum Gasteiger partial charge on any atom is 0.500 e. The Balaban J connectivity index is 3.59. The van der Waals surface area contributed by atoms with Crippen molar-refractivity contribution in [2.75, 3.05) is 20.3 Å². The van der Waals surface area contributed by atoms with Crippen LogP contribution >= 0.6 is 0 Å². The first-order chi connectivity index (χ1) is 10.2. The van der Waals surface area contributed by atoms with Crippen molar-refractivity contribution < 1.29 is 13.3 Å². The summed E-state index contributed by atoms with van der Waals surface area (Å²) in [5.74, 6) is 0. The molecule has 4 heteroatoms. The third kappa shape index (κ3) is 11.1. The van der Waals surface area contributed by atoms with Crippen LogP contribution in [0, 0.1) is 0 Å². The zero-order chi connectivity index (χ0) is 15.8. The van der Waals surface area contributed by atoms with E-state index in [9.17, 15) is 0 Å². The Labute approximate surface area is 133 Å². The van der Waals surface area contributed by atoms with Crippen molar-refractivity contribution in [1.29, 1.82) is 0 Å². The average molecular weight is 317 g/mol. The van der Waals surface area contributed by atoms with Crippen LogP contribution < -0.4 is 0 Å². The first-order valence-electron chi connectivity index (χ1n) is 8.68. The zero-order valence-corrected chi connectivity index (χ0v) is 15.5. The smallest absolute Gasteiger partial charge is 0.377 e. The van der Waals surface area contributed by atoms with Gasteiger partial charge < -0.3 is 13.3 Å². The normalized spacial score (nSPS) is 11.8. The Bertz CT molecular complexity index is 228. The highest BCUT2D eigenvalue weighted by Gasteiger charge is 2.38. The standard InChI is InChI=1S/C17H36O3Si/c1-5-8-9-10-11-12-13-14-15-16-17-21(18-4,19-6-2)20-7-3/h5H,1,6-17H2,2-4H3. The minimum absolute atomic E-state index is 0.671. The first-order valence-corrected chi connectivity index (χ1v) is 10.6. The van der Waals surface area contributed by atoms with Gasteiger partial charge in [-0.05, 0) is 33.1 Å². The van der Waals surface area contributed by atoms with Crippen LogP contribution in [0.3, 0.4) is 0 Å². The van der Waals surface area contributed by atoms with Gasteiger partial charge in [-0.15, -0.1) is 6.58 Å². The molecule has 3 nitrogen and oxygen atoms in total. The summed E-state index contributed by atoms with van der Waals surface area (Å²) in [5, 5.41) is 0. The molecule has 0 aromatic heterocycles. The second kappa shape index (κ2) is 14.8. The van der Waals surface area contributed by atoms with Crippen molar-refractivity contribution in [3.8, 4) is 0 Å². The molecule has 0 heterocycles. The van der Waals surface area contributed by atoms with Gasteiger partial charge in [-0.1, -0.05) is 44.6 Å². The van der Waals surface area contributed by atoms with Gasteiger partial charge in [0.05, 0.1) is 0 Å². The van der Waals surface area contributed by atoms with Gasteiger partial charge in [0.15, 0.2) is 0 Å². The predicted octanol–water partition coefficient (Wildman–Crippen LogP) is 5.34. The van der Waals surface area contributed by atoms with Crippen LogP contribution in [0.15, 0.2) is 12.7 Å². The largest absolute Gasteiger partial charge is 0.500 e. The van der Waals surface area contributed by atoms with E-state index in [1.807, 2.05) is 19.9 Å². The minimum atomic E-state index is -2.37. The molecule has 0 spiro atoms. The Kier molecular flexibility index (Phi) is 14.6. The molecule has 0 aliphatic carbocycles. The fraction of sp³-hybridized carbons (Fsp3) is 0.882. The van der Waals surface area contributed by atoms with Crippen molar-refractivity contribution in [3.63, 3.8) is 0 Å². The number of unbranched alkanes of at least 4 members (excludes halogenated alkanes) is 8. The molecule has 0 fully saturated rings. The van der Waals surface area contributed by atoms with Crippen molar-refractivity contribution >= 4 is 8.80 Å². The molecular formula is C17H36O3Si. The molecule has 0 atom stereocenters. The summed E-state index contributed by atoms with van der Waals surface area (Å²) in [5.41, 5.74) is 0. The molecule has 0 bridgehead atoms.